The SMILES string of the molecule is CC(C)(CCS(C)(=O)=O)NC(=O)[C@H]1C[C@@H]1c1ccccc1Cl. The topological polar surface area (TPSA) is 63.2 Å². The van der Waals surface area contributed by atoms with E-state index in [9.17, 15) is 13.2 Å². The van der Waals surface area contributed by atoms with Crippen molar-refractivity contribution in [2.75, 3.05) is 12.0 Å². The van der Waals surface area contributed by atoms with E-state index in [-0.39, 0.29) is 23.5 Å². The fraction of sp³-hybridized carbons (Fsp3) is 0.562. The van der Waals surface area contributed by atoms with E-state index in [4.69, 9.17) is 11.6 Å². The van der Waals surface area contributed by atoms with Crippen molar-refractivity contribution >= 4 is 27.3 Å². The van der Waals surface area contributed by atoms with Crippen LogP contribution in [0.2, 0.25) is 5.02 Å². The molecule has 1 aromatic carbocycles. The first-order valence-corrected chi connectivity index (χ1v) is 9.77. The Labute approximate surface area is 137 Å². The van der Waals surface area contributed by atoms with Crippen molar-refractivity contribution in [1.29, 1.82) is 0 Å². The molecule has 1 aliphatic rings. The van der Waals surface area contributed by atoms with Crippen LogP contribution in [0.25, 0.3) is 0 Å². The van der Waals surface area contributed by atoms with Crippen LogP contribution in [0.1, 0.15) is 38.2 Å². The van der Waals surface area contributed by atoms with Crippen LogP contribution in [-0.2, 0) is 14.6 Å². The molecule has 0 unspecified atom stereocenters. The molecule has 2 atom stereocenters. The molecule has 1 fully saturated rings. The summed E-state index contributed by atoms with van der Waals surface area (Å²) in [5.41, 5.74) is 0.478. The largest absolute Gasteiger partial charge is 0.351 e. The molecule has 0 saturated heterocycles. The minimum absolute atomic E-state index is 0.0246. The molecule has 1 saturated carbocycles. The quantitative estimate of drug-likeness (QED) is 0.863. The maximum Gasteiger partial charge on any atom is 0.224 e. The summed E-state index contributed by atoms with van der Waals surface area (Å²) in [6.07, 6.45) is 2.40. The molecule has 0 aromatic heterocycles. The molecule has 1 aromatic rings. The number of benzene rings is 1. The van der Waals surface area contributed by atoms with Gasteiger partial charge in [0, 0.05) is 22.7 Å². The zero-order valence-corrected chi connectivity index (χ0v) is 14.7. The van der Waals surface area contributed by atoms with Gasteiger partial charge >= 0.3 is 0 Å². The van der Waals surface area contributed by atoms with Crippen molar-refractivity contribution in [2.24, 2.45) is 5.92 Å². The van der Waals surface area contributed by atoms with E-state index >= 15 is 0 Å². The number of amides is 1. The number of sulfone groups is 1. The highest BCUT2D eigenvalue weighted by Crippen LogP contribution is 2.49. The Kier molecular flexibility index (Phi) is 4.87. The van der Waals surface area contributed by atoms with Crippen molar-refractivity contribution in [2.45, 2.75) is 38.1 Å². The molecule has 1 amide bonds. The fourth-order valence-electron chi connectivity index (χ4n) is 2.53. The van der Waals surface area contributed by atoms with Gasteiger partial charge in [0.15, 0.2) is 0 Å². The van der Waals surface area contributed by atoms with Crippen LogP contribution >= 0.6 is 11.6 Å². The normalized spacial score (nSPS) is 21.5. The Hall–Kier alpha value is -1.07. The minimum Gasteiger partial charge on any atom is -0.351 e. The van der Waals surface area contributed by atoms with Gasteiger partial charge in [-0.25, -0.2) is 8.42 Å². The maximum atomic E-state index is 12.3. The third-order valence-electron chi connectivity index (χ3n) is 3.99. The standard InChI is InChI=1S/C16H22ClNO3S/c1-16(2,8-9-22(3,20)21)18-15(19)13-10-12(13)11-6-4-5-7-14(11)17/h4-7,12-13H,8-10H2,1-3H3,(H,18,19)/t12-,13+/m1/s1. The van der Waals surface area contributed by atoms with E-state index in [1.54, 1.807) is 0 Å². The number of nitrogens with one attached hydrogen (secondary N) is 1. The highest BCUT2D eigenvalue weighted by atomic mass is 35.5. The van der Waals surface area contributed by atoms with Crippen molar-refractivity contribution in [3.8, 4) is 0 Å². The van der Waals surface area contributed by atoms with Crippen molar-refractivity contribution in [1.82, 2.24) is 5.32 Å². The van der Waals surface area contributed by atoms with E-state index in [1.807, 2.05) is 38.1 Å². The maximum absolute atomic E-state index is 12.3. The number of carbonyl (C=O) groups excluding carboxylic acids is 1. The molecule has 0 spiro atoms. The minimum atomic E-state index is -3.03. The van der Waals surface area contributed by atoms with Crippen molar-refractivity contribution < 1.29 is 13.2 Å². The zero-order valence-electron chi connectivity index (χ0n) is 13.1. The van der Waals surface area contributed by atoms with Gasteiger partial charge in [-0.2, -0.15) is 0 Å². The molecule has 0 radical (unpaired) electrons. The number of rotatable bonds is 6. The van der Waals surface area contributed by atoms with Crippen LogP contribution in [0.4, 0.5) is 0 Å². The summed E-state index contributed by atoms with van der Waals surface area (Å²) in [6, 6.07) is 7.58. The van der Waals surface area contributed by atoms with Crippen LogP contribution in [0.5, 0.6) is 0 Å². The lowest BCUT2D eigenvalue weighted by Crippen LogP contribution is -2.45. The average molecular weight is 344 g/mol. The predicted molar refractivity (Wildman–Crippen MR) is 88.8 cm³/mol. The molecule has 0 heterocycles. The van der Waals surface area contributed by atoms with Gasteiger partial charge in [-0.3, -0.25) is 4.79 Å². The number of halogens is 1. The monoisotopic (exact) mass is 343 g/mol. The van der Waals surface area contributed by atoms with E-state index in [2.05, 4.69) is 5.32 Å². The van der Waals surface area contributed by atoms with Gasteiger partial charge in [0.2, 0.25) is 5.91 Å². The van der Waals surface area contributed by atoms with Crippen LogP contribution in [0.15, 0.2) is 24.3 Å². The molecule has 1 aliphatic carbocycles. The highest BCUT2D eigenvalue weighted by Gasteiger charge is 2.45. The average Bonchev–Trinajstić information content (AvgIpc) is 3.16. The Morgan fingerprint density at radius 1 is 1.36 bits per heavy atom. The lowest BCUT2D eigenvalue weighted by atomic mass is 10.0. The highest BCUT2D eigenvalue weighted by molar-refractivity contribution is 7.90. The first-order valence-electron chi connectivity index (χ1n) is 7.33. The zero-order chi connectivity index (χ0) is 16.5. The summed E-state index contributed by atoms with van der Waals surface area (Å²) >= 11 is 6.16. The Morgan fingerprint density at radius 3 is 2.59 bits per heavy atom. The van der Waals surface area contributed by atoms with Crippen molar-refractivity contribution in [3.05, 3.63) is 34.9 Å². The number of hydrogen-bond acceptors (Lipinski definition) is 3. The molecule has 0 bridgehead atoms. The summed E-state index contributed by atoms with van der Waals surface area (Å²) < 4.78 is 22.5. The summed E-state index contributed by atoms with van der Waals surface area (Å²) in [6.45, 7) is 3.70. The third-order valence-corrected chi connectivity index (χ3v) is 5.28. The van der Waals surface area contributed by atoms with Gasteiger partial charge in [-0.15, -0.1) is 0 Å². The second kappa shape index (κ2) is 6.20. The van der Waals surface area contributed by atoms with Gasteiger partial charge in [-0.1, -0.05) is 29.8 Å². The van der Waals surface area contributed by atoms with E-state index < -0.39 is 15.4 Å². The Balaban J connectivity index is 1.93. The molecule has 0 aliphatic heterocycles. The van der Waals surface area contributed by atoms with Crippen LogP contribution in [0, 0.1) is 5.92 Å². The summed E-state index contributed by atoms with van der Waals surface area (Å²) in [5, 5.41) is 3.66. The van der Waals surface area contributed by atoms with Gasteiger partial charge < -0.3 is 5.32 Å². The summed E-state index contributed by atoms with van der Waals surface area (Å²) in [7, 11) is -3.03. The molecule has 22 heavy (non-hydrogen) atoms. The molecule has 2 rings (SSSR count). The fourth-order valence-corrected chi connectivity index (χ4v) is 3.69. The van der Waals surface area contributed by atoms with E-state index in [0.29, 0.717) is 11.4 Å². The van der Waals surface area contributed by atoms with Crippen LogP contribution < -0.4 is 5.32 Å². The van der Waals surface area contributed by atoms with Crippen LogP contribution in [-0.4, -0.2) is 31.9 Å². The van der Waals surface area contributed by atoms with Gasteiger partial charge in [0.25, 0.3) is 0 Å². The molecular weight excluding hydrogens is 322 g/mol. The molecule has 1 N–H and O–H groups in total. The first kappa shape index (κ1) is 17.3. The van der Waals surface area contributed by atoms with Crippen molar-refractivity contribution in [3.63, 3.8) is 0 Å². The Morgan fingerprint density at radius 2 is 2.00 bits per heavy atom. The second-order valence-electron chi connectivity index (χ2n) is 6.72. The third kappa shape index (κ3) is 4.71. The van der Waals surface area contributed by atoms with Crippen LogP contribution in [0.3, 0.4) is 0 Å². The summed E-state index contributed by atoms with van der Waals surface area (Å²) in [5.74, 6) is 0.138. The number of hydrogen-bond donors (Lipinski definition) is 1. The van der Waals surface area contributed by atoms with E-state index in [0.717, 1.165) is 12.0 Å². The van der Waals surface area contributed by atoms with E-state index in [1.165, 1.54) is 6.26 Å². The number of carbonyl (C=O) groups is 1. The smallest absolute Gasteiger partial charge is 0.224 e. The summed E-state index contributed by atoms with van der Waals surface area (Å²) in [4.78, 5) is 12.3. The molecule has 122 valence electrons. The predicted octanol–water partition coefficient (Wildman–Crippen LogP) is 2.77. The first-order chi connectivity index (χ1) is 10.1. The van der Waals surface area contributed by atoms with Gasteiger partial charge in [-0.05, 0) is 44.2 Å². The lowest BCUT2D eigenvalue weighted by Gasteiger charge is -2.26. The van der Waals surface area contributed by atoms with Gasteiger partial charge in [0.1, 0.15) is 9.84 Å². The molecule has 4 nitrogen and oxygen atoms in total. The molecule has 6 heteroatoms. The van der Waals surface area contributed by atoms with Gasteiger partial charge in [0.05, 0.1) is 5.75 Å². The second-order valence-corrected chi connectivity index (χ2v) is 9.39. The Bertz CT molecular complexity index is 670. The lowest BCUT2D eigenvalue weighted by molar-refractivity contribution is -0.124. The molecular formula is C16H22ClNO3S.